The van der Waals surface area contributed by atoms with E-state index in [1.807, 2.05) is 11.7 Å². The fraction of sp³-hybridized carbons (Fsp3) is 0.750. The molecule has 0 bridgehead atoms. The minimum Gasteiger partial charge on any atom is -1.00 e. The fourth-order valence-corrected chi connectivity index (χ4v) is 1.79. The quantitative estimate of drug-likeness (QED) is 0.545. The van der Waals surface area contributed by atoms with Gasteiger partial charge in [0.05, 0.1) is 18.8 Å². The summed E-state index contributed by atoms with van der Waals surface area (Å²) in [4.78, 5) is 1.61. The lowest BCUT2D eigenvalue weighted by Gasteiger charge is -2.21. The first kappa shape index (κ1) is 13.7. The minimum atomic E-state index is 0. The summed E-state index contributed by atoms with van der Waals surface area (Å²) >= 11 is 0. The van der Waals surface area contributed by atoms with Crippen molar-refractivity contribution in [2.45, 2.75) is 19.9 Å². The molecule has 14 heavy (non-hydrogen) atoms. The number of nitrogens with one attached hydrogen (secondary N) is 1. The molecule has 2 heterocycles. The molecule has 0 radical (unpaired) electrons. The molecule has 1 aliphatic heterocycles. The second-order valence-electron chi connectivity index (χ2n) is 3.39. The molecule has 0 saturated heterocycles. The molecule has 0 aromatic carbocycles. The molecule has 0 aliphatic carbocycles. The van der Waals surface area contributed by atoms with Crippen LogP contribution in [0.3, 0.4) is 0 Å². The third-order valence-corrected chi connectivity index (χ3v) is 2.66. The SMILES string of the molecule is CC[NH+]1CCc2c(nnn2C)C1.Cl.[Cl-]. The summed E-state index contributed by atoms with van der Waals surface area (Å²) in [6, 6.07) is 0. The van der Waals surface area contributed by atoms with Gasteiger partial charge in [-0.2, -0.15) is 0 Å². The van der Waals surface area contributed by atoms with Gasteiger partial charge in [0, 0.05) is 13.5 Å². The topological polar surface area (TPSA) is 35.2 Å². The van der Waals surface area contributed by atoms with Gasteiger partial charge in [0.15, 0.2) is 0 Å². The molecule has 1 aromatic heterocycles. The Morgan fingerprint density at radius 1 is 1.50 bits per heavy atom. The van der Waals surface area contributed by atoms with Crippen molar-refractivity contribution in [3.8, 4) is 0 Å². The summed E-state index contributed by atoms with van der Waals surface area (Å²) in [6.07, 6.45) is 1.13. The highest BCUT2D eigenvalue weighted by Gasteiger charge is 2.22. The van der Waals surface area contributed by atoms with Gasteiger partial charge in [-0.15, -0.1) is 17.5 Å². The van der Waals surface area contributed by atoms with E-state index in [-0.39, 0.29) is 24.8 Å². The molecule has 6 heteroatoms. The number of hydrogen-bond donors (Lipinski definition) is 1. The van der Waals surface area contributed by atoms with Gasteiger partial charge in [-0.1, -0.05) is 5.21 Å². The Kier molecular flexibility index (Phi) is 5.41. The van der Waals surface area contributed by atoms with Crippen LogP contribution >= 0.6 is 12.4 Å². The van der Waals surface area contributed by atoms with Crippen LogP contribution in [0.25, 0.3) is 0 Å². The predicted octanol–water partition coefficient (Wildman–Crippen LogP) is -3.80. The lowest BCUT2D eigenvalue weighted by atomic mass is 10.1. The van der Waals surface area contributed by atoms with Crippen molar-refractivity contribution >= 4 is 12.4 Å². The Labute approximate surface area is 96.5 Å². The molecular weight excluding hydrogens is 223 g/mol. The van der Waals surface area contributed by atoms with E-state index < -0.39 is 0 Å². The van der Waals surface area contributed by atoms with E-state index in [2.05, 4.69) is 17.2 Å². The van der Waals surface area contributed by atoms with E-state index >= 15 is 0 Å². The number of halogens is 2. The smallest absolute Gasteiger partial charge is 0.140 e. The van der Waals surface area contributed by atoms with Crippen LogP contribution in [-0.2, 0) is 20.0 Å². The Bertz CT molecular complexity index is 287. The summed E-state index contributed by atoms with van der Waals surface area (Å²) in [6.45, 7) is 5.69. The van der Waals surface area contributed by atoms with E-state index in [1.54, 1.807) is 4.90 Å². The van der Waals surface area contributed by atoms with Gasteiger partial charge in [0.2, 0.25) is 0 Å². The molecule has 1 N–H and O–H groups in total. The molecule has 1 unspecified atom stereocenters. The van der Waals surface area contributed by atoms with Crippen LogP contribution in [0, 0.1) is 0 Å². The van der Waals surface area contributed by atoms with E-state index in [0.717, 1.165) is 13.0 Å². The third-order valence-electron chi connectivity index (χ3n) is 2.66. The standard InChI is InChI=1S/C8H14N4.2ClH/c1-3-12-5-4-8-7(6-12)9-10-11(8)2;;/h3-6H2,1-2H3;2*1H. The number of fused-ring (bicyclic) bond motifs is 1. The predicted molar refractivity (Wildman–Crippen MR) is 52.0 cm³/mol. The van der Waals surface area contributed by atoms with Crippen molar-refractivity contribution in [2.24, 2.45) is 7.05 Å². The van der Waals surface area contributed by atoms with Crippen LogP contribution in [0.4, 0.5) is 0 Å². The van der Waals surface area contributed by atoms with Gasteiger partial charge in [-0.05, 0) is 6.92 Å². The van der Waals surface area contributed by atoms with Gasteiger partial charge in [-0.25, -0.2) is 0 Å². The number of nitrogens with zero attached hydrogens (tertiary/aromatic N) is 3. The first-order valence-corrected chi connectivity index (χ1v) is 4.52. The number of rotatable bonds is 1. The second kappa shape index (κ2) is 5.53. The minimum absolute atomic E-state index is 0. The van der Waals surface area contributed by atoms with Crippen molar-refractivity contribution in [3.63, 3.8) is 0 Å². The molecule has 2 rings (SSSR count). The molecule has 0 fully saturated rings. The first-order valence-electron chi connectivity index (χ1n) is 4.52. The zero-order chi connectivity index (χ0) is 8.55. The third kappa shape index (κ3) is 2.38. The molecule has 4 nitrogen and oxygen atoms in total. The second-order valence-corrected chi connectivity index (χ2v) is 3.39. The average Bonchev–Trinajstić information content (AvgIpc) is 2.47. The van der Waals surface area contributed by atoms with Crippen molar-refractivity contribution in [2.75, 3.05) is 13.1 Å². The Balaban J connectivity index is 0.000000845. The molecule has 0 saturated carbocycles. The highest BCUT2D eigenvalue weighted by Crippen LogP contribution is 2.05. The van der Waals surface area contributed by atoms with Gasteiger partial charge < -0.3 is 17.3 Å². The summed E-state index contributed by atoms with van der Waals surface area (Å²) in [5.41, 5.74) is 2.52. The maximum atomic E-state index is 4.15. The highest BCUT2D eigenvalue weighted by molar-refractivity contribution is 5.85. The molecule has 82 valence electrons. The lowest BCUT2D eigenvalue weighted by Crippen LogP contribution is -3.11. The number of likely N-dealkylation sites (N-methyl/N-ethyl adjacent to an activating group) is 1. The summed E-state index contributed by atoms with van der Waals surface area (Å²) in [5.74, 6) is 0. The summed E-state index contributed by atoms with van der Waals surface area (Å²) in [5, 5.41) is 8.17. The molecular formula is C8H16Cl2N4. The lowest BCUT2D eigenvalue weighted by molar-refractivity contribution is -0.914. The van der Waals surface area contributed by atoms with E-state index in [1.165, 1.54) is 24.5 Å². The van der Waals surface area contributed by atoms with E-state index in [0.29, 0.717) is 0 Å². The molecule has 1 atom stereocenters. The van der Waals surface area contributed by atoms with Crippen LogP contribution < -0.4 is 17.3 Å². The normalized spacial score (nSPS) is 19.1. The van der Waals surface area contributed by atoms with Crippen molar-refractivity contribution in [1.29, 1.82) is 0 Å². The molecule has 1 aromatic rings. The van der Waals surface area contributed by atoms with Gasteiger partial charge in [0.1, 0.15) is 12.2 Å². The maximum absolute atomic E-state index is 4.15. The monoisotopic (exact) mass is 238 g/mol. The molecule has 1 aliphatic rings. The largest absolute Gasteiger partial charge is 1.00 e. The van der Waals surface area contributed by atoms with Crippen LogP contribution in [-0.4, -0.2) is 28.1 Å². The van der Waals surface area contributed by atoms with Crippen molar-refractivity contribution in [1.82, 2.24) is 15.0 Å². The van der Waals surface area contributed by atoms with Crippen LogP contribution in [0.5, 0.6) is 0 Å². The number of aromatic nitrogens is 3. The zero-order valence-electron chi connectivity index (χ0n) is 8.46. The first-order chi connectivity index (χ1) is 5.81. The zero-order valence-corrected chi connectivity index (χ0v) is 10.0. The summed E-state index contributed by atoms with van der Waals surface area (Å²) < 4.78 is 1.90. The fourth-order valence-electron chi connectivity index (χ4n) is 1.79. The Hall–Kier alpha value is -0.320. The van der Waals surface area contributed by atoms with E-state index in [9.17, 15) is 0 Å². The Morgan fingerprint density at radius 2 is 2.21 bits per heavy atom. The van der Waals surface area contributed by atoms with Gasteiger partial charge in [-0.3, -0.25) is 4.68 Å². The van der Waals surface area contributed by atoms with E-state index in [4.69, 9.17) is 0 Å². The average molecular weight is 239 g/mol. The van der Waals surface area contributed by atoms with Crippen molar-refractivity contribution in [3.05, 3.63) is 11.4 Å². The maximum Gasteiger partial charge on any atom is 0.140 e. The molecule has 0 spiro atoms. The van der Waals surface area contributed by atoms with Crippen LogP contribution in [0.15, 0.2) is 0 Å². The highest BCUT2D eigenvalue weighted by atomic mass is 35.5. The molecule has 0 amide bonds. The number of aryl methyl sites for hydroxylation is 1. The Morgan fingerprint density at radius 3 is 2.86 bits per heavy atom. The van der Waals surface area contributed by atoms with Crippen LogP contribution in [0.2, 0.25) is 0 Å². The van der Waals surface area contributed by atoms with Gasteiger partial charge >= 0.3 is 0 Å². The number of hydrogen-bond acceptors (Lipinski definition) is 2. The summed E-state index contributed by atoms with van der Waals surface area (Å²) in [7, 11) is 1.97. The number of quaternary nitrogens is 1. The van der Waals surface area contributed by atoms with Crippen molar-refractivity contribution < 1.29 is 17.3 Å². The van der Waals surface area contributed by atoms with Gasteiger partial charge in [0.25, 0.3) is 0 Å². The van der Waals surface area contributed by atoms with Crippen LogP contribution in [0.1, 0.15) is 18.3 Å².